The molecule has 0 aliphatic carbocycles. The smallest absolute Gasteiger partial charge is 0.334 e. The molecule has 2 N–H and O–H groups in total. The van der Waals surface area contributed by atoms with Crippen molar-refractivity contribution >= 4 is 21.9 Å². The van der Waals surface area contributed by atoms with Crippen LogP contribution in [0.4, 0.5) is 0 Å². The van der Waals surface area contributed by atoms with Crippen molar-refractivity contribution in [3.63, 3.8) is 0 Å². The summed E-state index contributed by atoms with van der Waals surface area (Å²) in [6.45, 7) is 4.65. The number of carbonyl (C=O) groups excluding carboxylic acids is 1. The fourth-order valence-electron chi connectivity index (χ4n) is 2.16. The summed E-state index contributed by atoms with van der Waals surface area (Å²) >= 11 is 0. The number of aliphatic carboxylic acids is 1. The molecule has 0 aromatic carbocycles. The minimum Gasteiger partial charge on any atom is -0.479 e. The van der Waals surface area contributed by atoms with Crippen molar-refractivity contribution in [2.45, 2.75) is 38.5 Å². The summed E-state index contributed by atoms with van der Waals surface area (Å²) in [7, 11) is -3.55. The van der Waals surface area contributed by atoms with E-state index in [9.17, 15) is 18.0 Å². The first-order valence-electron chi connectivity index (χ1n) is 6.09. The normalized spacial score (nSPS) is 24.5. The number of carboxylic acid groups (broad SMARTS) is 1. The molecule has 0 bridgehead atoms. The van der Waals surface area contributed by atoms with Gasteiger partial charge in [-0.25, -0.2) is 17.9 Å². The van der Waals surface area contributed by atoms with E-state index in [4.69, 9.17) is 9.84 Å². The maximum absolute atomic E-state index is 12.4. The first-order chi connectivity index (χ1) is 8.92. The van der Waals surface area contributed by atoms with Crippen molar-refractivity contribution in [1.29, 1.82) is 0 Å². The predicted octanol–water partition coefficient (Wildman–Crippen LogP) is -0.985. The molecule has 1 rings (SSSR count). The van der Waals surface area contributed by atoms with E-state index in [0.717, 1.165) is 6.26 Å². The maximum atomic E-state index is 12.4. The lowest BCUT2D eigenvalue weighted by atomic mass is 10.0. The minimum atomic E-state index is -3.55. The Bertz CT molecular complexity index is 501. The number of nitrogens with zero attached hydrogens (tertiary/aromatic N) is 1. The maximum Gasteiger partial charge on any atom is 0.334 e. The van der Waals surface area contributed by atoms with Gasteiger partial charge in [-0.15, -0.1) is 0 Å². The summed E-state index contributed by atoms with van der Waals surface area (Å²) in [5, 5.41) is 8.97. The van der Waals surface area contributed by atoms with Crippen LogP contribution in [0.1, 0.15) is 20.8 Å². The van der Waals surface area contributed by atoms with Gasteiger partial charge in [0, 0.05) is 6.54 Å². The van der Waals surface area contributed by atoms with E-state index in [-0.39, 0.29) is 13.1 Å². The molecule has 0 aromatic rings. The summed E-state index contributed by atoms with van der Waals surface area (Å²) in [4.78, 5) is 24.6. The van der Waals surface area contributed by atoms with E-state index in [1.165, 1.54) is 18.7 Å². The molecular weight excluding hydrogens is 288 g/mol. The standard InChI is InChI=1S/C11H20N2O6S/c1-7-5-13(6-8(19-7)9(14)15)10(16)11(2,3)12-20(4,17)18/h7-8,12H,5-6H2,1-4H3,(H,14,15)/t7-,8?/m1/s1. The van der Waals surface area contributed by atoms with Crippen LogP contribution in [0.2, 0.25) is 0 Å². The molecule has 2 atom stereocenters. The lowest BCUT2D eigenvalue weighted by Crippen LogP contribution is -2.60. The van der Waals surface area contributed by atoms with E-state index in [2.05, 4.69) is 4.72 Å². The van der Waals surface area contributed by atoms with Crippen molar-refractivity contribution in [3.8, 4) is 0 Å². The van der Waals surface area contributed by atoms with Crippen molar-refractivity contribution < 1.29 is 27.9 Å². The van der Waals surface area contributed by atoms with E-state index >= 15 is 0 Å². The molecule has 1 aliphatic heterocycles. The van der Waals surface area contributed by atoms with E-state index in [1.807, 2.05) is 0 Å². The third-order valence-corrected chi connectivity index (χ3v) is 3.68. The second-order valence-electron chi connectivity index (χ2n) is 5.48. The topological polar surface area (TPSA) is 113 Å². The Kier molecular flexibility index (Phi) is 4.78. The van der Waals surface area contributed by atoms with Gasteiger partial charge in [-0.05, 0) is 20.8 Å². The summed E-state index contributed by atoms with van der Waals surface area (Å²) in [6, 6.07) is 0. The summed E-state index contributed by atoms with van der Waals surface area (Å²) in [6.07, 6.45) is -0.566. The summed E-state index contributed by atoms with van der Waals surface area (Å²) in [5.74, 6) is -1.63. The van der Waals surface area contributed by atoms with Gasteiger partial charge in [-0.2, -0.15) is 0 Å². The molecule has 0 radical (unpaired) electrons. The number of hydrogen-bond donors (Lipinski definition) is 2. The Balaban J connectivity index is 2.87. The number of carbonyl (C=O) groups is 2. The van der Waals surface area contributed by atoms with Crippen LogP contribution in [0, 0.1) is 0 Å². The Hall–Kier alpha value is -1.19. The molecule has 116 valence electrons. The van der Waals surface area contributed by atoms with Crippen LogP contribution >= 0.6 is 0 Å². The number of rotatable bonds is 4. The number of hydrogen-bond acceptors (Lipinski definition) is 5. The number of ether oxygens (including phenoxy) is 1. The molecule has 1 aliphatic rings. The fraction of sp³-hybridized carbons (Fsp3) is 0.818. The zero-order chi connectivity index (χ0) is 15.7. The van der Waals surface area contributed by atoms with Gasteiger partial charge in [0.05, 0.1) is 18.9 Å². The van der Waals surface area contributed by atoms with Crippen LogP contribution in [0.25, 0.3) is 0 Å². The SMILES string of the molecule is C[C@@H]1CN(C(=O)C(C)(C)NS(C)(=O)=O)CC(C(=O)O)O1. The predicted molar refractivity (Wildman–Crippen MR) is 70.6 cm³/mol. The molecule has 0 saturated carbocycles. The first kappa shape index (κ1) is 16.9. The zero-order valence-corrected chi connectivity index (χ0v) is 12.7. The highest BCUT2D eigenvalue weighted by Gasteiger charge is 2.39. The third-order valence-electron chi connectivity index (χ3n) is 2.80. The number of carboxylic acids is 1. The Morgan fingerprint density at radius 3 is 2.35 bits per heavy atom. The van der Waals surface area contributed by atoms with Crippen LogP contribution in [0.3, 0.4) is 0 Å². The summed E-state index contributed by atoms with van der Waals surface area (Å²) in [5.41, 5.74) is -1.34. The molecule has 0 aromatic heterocycles. The highest BCUT2D eigenvalue weighted by molar-refractivity contribution is 7.88. The molecule has 1 heterocycles. The summed E-state index contributed by atoms with van der Waals surface area (Å²) < 4.78 is 30.0. The molecule has 1 fully saturated rings. The number of amides is 1. The van der Waals surface area contributed by atoms with Crippen molar-refractivity contribution in [3.05, 3.63) is 0 Å². The lowest BCUT2D eigenvalue weighted by Gasteiger charge is -2.38. The average molecular weight is 308 g/mol. The van der Waals surface area contributed by atoms with Gasteiger partial charge < -0.3 is 14.7 Å². The van der Waals surface area contributed by atoms with Gasteiger partial charge in [0.1, 0.15) is 5.54 Å². The monoisotopic (exact) mass is 308 g/mol. The number of nitrogens with one attached hydrogen (secondary N) is 1. The highest BCUT2D eigenvalue weighted by atomic mass is 32.2. The Morgan fingerprint density at radius 2 is 1.90 bits per heavy atom. The van der Waals surface area contributed by atoms with Crippen LogP contribution in [-0.2, 0) is 24.3 Å². The van der Waals surface area contributed by atoms with E-state index in [0.29, 0.717) is 0 Å². The lowest BCUT2D eigenvalue weighted by molar-refractivity contribution is -0.168. The minimum absolute atomic E-state index is 0.104. The second kappa shape index (κ2) is 5.66. The first-order valence-corrected chi connectivity index (χ1v) is 7.98. The zero-order valence-electron chi connectivity index (χ0n) is 11.9. The van der Waals surface area contributed by atoms with E-state index < -0.39 is 39.6 Å². The van der Waals surface area contributed by atoms with Crippen LogP contribution < -0.4 is 4.72 Å². The molecule has 1 amide bonds. The Morgan fingerprint density at radius 1 is 1.35 bits per heavy atom. The van der Waals surface area contributed by atoms with Crippen LogP contribution in [-0.4, -0.2) is 67.4 Å². The largest absolute Gasteiger partial charge is 0.479 e. The molecule has 1 saturated heterocycles. The van der Waals surface area contributed by atoms with Gasteiger partial charge in [-0.1, -0.05) is 0 Å². The quantitative estimate of drug-likeness (QED) is 0.690. The molecule has 1 unspecified atom stereocenters. The van der Waals surface area contributed by atoms with Gasteiger partial charge in [0.15, 0.2) is 6.10 Å². The molecule has 9 heteroatoms. The fourth-order valence-corrected chi connectivity index (χ4v) is 3.17. The highest BCUT2D eigenvalue weighted by Crippen LogP contribution is 2.17. The number of sulfonamides is 1. The van der Waals surface area contributed by atoms with Crippen molar-refractivity contribution in [2.24, 2.45) is 0 Å². The van der Waals surface area contributed by atoms with Crippen LogP contribution in [0.5, 0.6) is 0 Å². The van der Waals surface area contributed by atoms with Gasteiger partial charge in [0.25, 0.3) is 0 Å². The second-order valence-corrected chi connectivity index (χ2v) is 7.23. The Labute approximate surface area is 118 Å². The number of morpholine rings is 1. The van der Waals surface area contributed by atoms with Crippen molar-refractivity contribution in [2.75, 3.05) is 19.3 Å². The molecule has 8 nitrogen and oxygen atoms in total. The van der Waals surface area contributed by atoms with Gasteiger partial charge >= 0.3 is 5.97 Å². The molecule has 0 spiro atoms. The van der Waals surface area contributed by atoms with Crippen LogP contribution in [0.15, 0.2) is 0 Å². The third kappa shape index (κ3) is 4.43. The van der Waals surface area contributed by atoms with Crippen molar-refractivity contribution in [1.82, 2.24) is 9.62 Å². The average Bonchev–Trinajstić information content (AvgIpc) is 2.23. The molecular formula is C11H20N2O6S. The van der Waals surface area contributed by atoms with Gasteiger partial charge in [-0.3, -0.25) is 4.79 Å². The van der Waals surface area contributed by atoms with E-state index in [1.54, 1.807) is 6.92 Å². The molecule has 20 heavy (non-hydrogen) atoms. The van der Waals surface area contributed by atoms with Gasteiger partial charge in [0.2, 0.25) is 15.9 Å².